The normalized spacial score (nSPS) is 41.5. The lowest BCUT2D eigenvalue weighted by molar-refractivity contribution is -0.204. The van der Waals surface area contributed by atoms with E-state index in [4.69, 9.17) is 23.7 Å². The maximum absolute atomic E-state index is 13.0. The van der Waals surface area contributed by atoms with Crippen molar-refractivity contribution in [2.45, 2.75) is 109 Å². The largest absolute Gasteiger partial charge is 0.455 e. The van der Waals surface area contributed by atoms with Gasteiger partial charge in [0, 0.05) is 25.8 Å². The fourth-order valence-electron chi connectivity index (χ4n) is 5.99. The quantitative estimate of drug-likeness (QED) is 0.272. The van der Waals surface area contributed by atoms with Crippen molar-refractivity contribution in [2.75, 3.05) is 0 Å². The summed E-state index contributed by atoms with van der Waals surface area (Å²) in [6.07, 6.45) is 2.63. The van der Waals surface area contributed by atoms with Crippen LogP contribution in [0.25, 0.3) is 0 Å². The molecule has 1 N–H and O–H groups in total. The van der Waals surface area contributed by atoms with E-state index in [-0.39, 0.29) is 17.4 Å². The molecule has 1 aliphatic carbocycles. The lowest BCUT2D eigenvalue weighted by atomic mass is 9.60. The average Bonchev–Trinajstić information content (AvgIpc) is 3.26. The van der Waals surface area contributed by atoms with E-state index < -0.39 is 47.8 Å². The van der Waals surface area contributed by atoms with Gasteiger partial charge in [-0.25, -0.2) is 4.79 Å². The van der Waals surface area contributed by atoms with E-state index in [1.165, 1.54) is 19.9 Å². The Labute approximate surface area is 193 Å². The van der Waals surface area contributed by atoms with Crippen LogP contribution in [0.4, 0.5) is 0 Å². The van der Waals surface area contributed by atoms with Crippen LogP contribution in [-0.2, 0) is 38.1 Å². The van der Waals surface area contributed by atoms with Gasteiger partial charge in [0.1, 0.15) is 12.2 Å². The molecule has 0 aromatic rings. The summed E-state index contributed by atoms with van der Waals surface area (Å²) in [4.78, 5) is 35.8. The van der Waals surface area contributed by atoms with Crippen LogP contribution in [0.5, 0.6) is 0 Å². The summed E-state index contributed by atoms with van der Waals surface area (Å²) in [5, 5.41) is 11.0. The van der Waals surface area contributed by atoms with Gasteiger partial charge >= 0.3 is 17.9 Å². The van der Waals surface area contributed by atoms with Crippen LogP contribution in [0.1, 0.15) is 73.1 Å². The van der Waals surface area contributed by atoms with Crippen molar-refractivity contribution in [3.63, 3.8) is 0 Å². The van der Waals surface area contributed by atoms with Crippen LogP contribution in [0.3, 0.4) is 0 Å². The van der Waals surface area contributed by atoms with Gasteiger partial charge in [0.25, 0.3) is 0 Å². The molecule has 0 aromatic carbocycles. The van der Waals surface area contributed by atoms with E-state index in [1.807, 2.05) is 6.92 Å². The summed E-state index contributed by atoms with van der Waals surface area (Å²) in [6, 6.07) is 0. The predicted octanol–water partition coefficient (Wildman–Crippen LogP) is 2.53. The highest BCUT2D eigenvalue weighted by Gasteiger charge is 2.68. The molecule has 3 fully saturated rings. The van der Waals surface area contributed by atoms with E-state index in [9.17, 15) is 19.5 Å². The zero-order valence-corrected chi connectivity index (χ0v) is 19.9. The van der Waals surface area contributed by atoms with Crippen molar-refractivity contribution >= 4 is 17.9 Å². The molecule has 33 heavy (non-hydrogen) atoms. The molecule has 0 bridgehead atoms. The number of esters is 3. The maximum Gasteiger partial charge on any atom is 0.341 e. The summed E-state index contributed by atoms with van der Waals surface area (Å²) in [5.74, 6) is -1.54. The van der Waals surface area contributed by atoms with E-state index >= 15 is 0 Å². The number of aliphatic hydroxyl groups is 1. The Bertz CT molecular complexity index is 844. The molecular formula is C24H34O9. The fourth-order valence-corrected chi connectivity index (χ4v) is 5.99. The van der Waals surface area contributed by atoms with Crippen LogP contribution in [0.2, 0.25) is 0 Å². The molecule has 0 radical (unpaired) electrons. The van der Waals surface area contributed by atoms with Crippen molar-refractivity contribution in [3.8, 4) is 0 Å². The Kier molecular flexibility index (Phi) is 6.12. The second-order valence-electron chi connectivity index (χ2n) is 10.6. The Morgan fingerprint density at radius 3 is 2.45 bits per heavy atom. The standard InChI is InChI=1S/C24H34O9/c1-13(25)29-19-11-15(20(32-19)30-14(2)26)16-12-18-24(33-18,21(27)31-16)10-7-17-22(3,4)8-6-9-23(17,5)28/h11,16-20,28H,6-10,12H2,1-5H3/t16-,17?,18-,19?,20?,23?,24-/m1/s1. The molecule has 2 saturated heterocycles. The van der Waals surface area contributed by atoms with Gasteiger partial charge in [-0.05, 0) is 50.0 Å². The first-order valence-corrected chi connectivity index (χ1v) is 11.7. The van der Waals surface area contributed by atoms with Crippen molar-refractivity contribution in [2.24, 2.45) is 11.3 Å². The Morgan fingerprint density at radius 1 is 1.15 bits per heavy atom. The Balaban J connectivity index is 1.43. The average molecular weight is 467 g/mol. The monoisotopic (exact) mass is 466 g/mol. The van der Waals surface area contributed by atoms with Crippen LogP contribution < -0.4 is 0 Å². The van der Waals surface area contributed by atoms with Gasteiger partial charge in [-0.15, -0.1) is 0 Å². The number of rotatable bonds is 6. The number of epoxide rings is 1. The van der Waals surface area contributed by atoms with E-state index in [0.717, 1.165) is 19.3 Å². The van der Waals surface area contributed by atoms with Gasteiger partial charge in [0.15, 0.2) is 5.60 Å². The molecule has 3 heterocycles. The third kappa shape index (κ3) is 4.68. The maximum atomic E-state index is 13.0. The molecule has 7 atom stereocenters. The highest BCUT2D eigenvalue weighted by atomic mass is 16.8. The third-order valence-corrected chi connectivity index (χ3v) is 7.63. The van der Waals surface area contributed by atoms with Gasteiger partial charge in [0.05, 0.1) is 5.60 Å². The molecule has 4 unspecified atom stereocenters. The zero-order valence-electron chi connectivity index (χ0n) is 19.9. The van der Waals surface area contributed by atoms with Gasteiger partial charge in [-0.2, -0.15) is 0 Å². The first-order chi connectivity index (χ1) is 15.3. The molecular weight excluding hydrogens is 432 g/mol. The molecule has 0 aromatic heterocycles. The highest BCUT2D eigenvalue weighted by molar-refractivity contribution is 5.85. The van der Waals surface area contributed by atoms with Gasteiger partial charge < -0.3 is 24.1 Å². The molecule has 1 saturated carbocycles. The number of hydrogen-bond donors (Lipinski definition) is 1. The molecule has 4 aliphatic rings. The summed E-state index contributed by atoms with van der Waals surface area (Å²) in [7, 11) is 0. The summed E-state index contributed by atoms with van der Waals surface area (Å²) < 4.78 is 27.3. The lowest BCUT2D eigenvalue weighted by Gasteiger charge is -2.48. The van der Waals surface area contributed by atoms with Crippen molar-refractivity contribution in [1.82, 2.24) is 0 Å². The van der Waals surface area contributed by atoms with Gasteiger partial charge in [0.2, 0.25) is 12.6 Å². The summed E-state index contributed by atoms with van der Waals surface area (Å²) in [6.45, 7) is 8.71. The van der Waals surface area contributed by atoms with E-state index in [1.54, 1.807) is 0 Å². The second kappa shape index (κ2) is 8.36. The molecule has 0 spiro atoms. The molecule has 3 aliphatic heterocycles. The molecule has 0 amide bonds. The Morgan fingerprint density at radius 2 is 1.85 bits per heavy atom. The lowest BCUT2D eigenvalue weighted by Crippen LogP contribution is -2.48. The van der Waals surface area contributed by atoms with Crippen LogP contribution >= 0.6 is 0 Å². The molecule has 9 nitrogen and oxygen atoms in total. The molecule has 9 heteroatoms. The van der Waals surface area contributed by atoms with Crippen LogP contribution in [0.15, 0.2) is 11.6 Å². The minimum atomic E-state index is -1.10. The smallest absolute Gasteiger partial charge is 0.341 e. The van der Waals surface area contributed by atoms with Crippen LogP contribution in [-0.4, -0.2) is 59.0 Å². The number of ether oxygens (including phenoxy) is 5. The van der Waals surface area contributed by atoms with Crippen LogP contribution in [0, 0.1) is 11.3 Å². The Hall–Kier alpha value is -1.97. The van der Waals surface area contributed by atoms with Gasteiger partial charge in [-0.1, -0.05) is 20.3 Å². The predicted molar refractivity (Wildman–Crippen MR) is 113 cm³/mol. The van der Waals surface area contributed by atoms with E-state index in [0.29, 0.717) is 24.8 Å². The summed E-state index contributed by atoms with van der Waals surface area (Å²) >= 11 is 0. The zero-order chi connectivity index (χ0) is 24.2. The molecule has 184 valence electrons. The number of carbonyl (C=O) groups is 3. The number of hydrogen-bond acceptors (Lipinski definition) is 9. The molecule has 4 rings (SSSR count). The third-order valence-electron chi connectivity index (χ3n) is 7.63. The van der Waals surface area contributed by atoms with Crippen molar-refractivity contribution < 1.29 is 43.2 Å². The number of fused-ring (bicyclic) bond motifs is 1. The first-order valence-electron chi connectivity index (χ1n) is 11.7. The highest BCUT2D eigenvalue weighted by Crippen LogP contribution is 2.54. The van der Waals surface area contributed by atoms with Crippen molar-refractivity contribution in [3.05, 3.63) is 11.6 Å². The number of carbonyl (C=O) groups excluding carboxylic acids is 3. The minimum Gasteiger partial charge on any atom is -0.455 e. The second-order valence-corrected chi connectivity index (χ2v) is 10.6. The van der Waals surface area contributed by atoms with Crippen molar-refractivity contribution in [1.29, 1.82) is 0 Å². The number of cyclic esters (lactones) is 1. The first kappa shape index (κ1) is 24.2. The fraction of sp³-hybridized carbons (Fsp3) is 0.792. The minimum absolute atomic E-state index is 0.0289. The topological polar surface area (TPSA) is 121 Å². The summed E-state index contributed by atoms with van der Waals surface area (Å²) in [5.41, 5.74) is -1.38. The SMILES string of the molecule is CC(=O)OC1C=C([C@H]2C[C@H]3O[C@@]3(CCC3C(C)(C)CCCC3(C)O)C(=O)O2)C(OC(C)=O)O1. The van der Waals surface area contributed by atoms with Gasteiger partial charge in [-0.3, -0.25) is 14.3 Å². The van der Waals surface area contributed by atoms with E-state index in [2.05, 4.69) is 13.8 Å².